The Morgan fingerprint density at radius 3 is 2.76 bits per heavy atom. The van der Waals surface area contributed by atoms with E-state index in [0.29, 0.717) is 6.54 Å². The zero-order chi connectivity index (χ0) is 15.5. The van der Waals surface area contributed by atoms with Crippen molar-refractivity contribution < 1.29 is 9.53 Å². The summed E-state index contributed by atoms with van der Waals surface area (Å²) in [5.41, 5.74) is 2.11. The number of ether oxygens (including phenoxy) is 1. The van der Waals surface area contributed by atoms with E-state index in [0.717, 1.165) is 19.5 Å². The highest BCUT2D eigenvalue weighted by atomic mass is 16.6. The minimum Gasteiger partial charge on any atom is -0.444 e. The van der Waals surface area contributed by atoms with Crippen molar-refractivity contribution in [1.82, 2.24) is 10.2 Å². The van der Waals surface area contributed by atoms with Crippen LogP contribution in [0.1, 0.15) is 31.9 Å². The highest BCUT2D eigenvalue weighted by molar-refractivity contribution is 5.68. The van der Waals surface area contributed by atoms with Crippen LogP contribution in [0.4, 0.5) is 4.79 Å². The summed E-state index contributed by atoms with van der Waals surface area (Å²) in [6.07, 6.45) is 0.654. The third-order valence-electron chi connectivity index (χ3n) is 3.70. The summed E-state index contributed by atoms with van der Waals surface area (Å²) in [4.78, 5) is 14.2. The van der Waals surface area contributed by atoms with Crippen LogP contribution in [0.3, 0.4) is 0 Å². The van der Waals surface area contributed by atoms with Gasteiger partial charge >= 0.3 is 6.09 Å². The first-order chi connectivity index (χ1) is 9.87. The summed E-state index contributed by atoms with van der Waals surface area (Å²) in [6.45, 7) is 10.2. The van der Waals surface area contributed by atoms with Gasteiger partial charge in [-0.25, -0.2) is 4.79 Å². The molecule has 1 saturated heterocycles. The Balaban J connectivity index is 2.09. The van der Waals surface area contributed by atoms with Crippen molar-refractivity contribution in [3.63, 3.8) is 0 Å². The molecule has 1 heterocycles. The molecule has 4 nitrogen and oxygen atoms in total. The van der Waals surface area contributed by atoms with Gasteiger partial charge in [0.25, 0.3) is 0 Å². The van der Waals surface area contributed by atoms with Gasteiger partial charge in [-0.15, -0.1) is 0 Å². The van der Waals surface area contributed by atoms with Gasteiger partial charge in [-0.2, -0.15) is 0 Å². The summed E-state index contributed by atoms with van der Waals surface area (Å²) in [5.74, 6) is 0. The Bertz CT molecular complexity index is 494. The van der Waals surface area contributed by atoms with E-state index < -0.39 is 5.60 Å². The molecule has 0 unspecified atom stereocenters. The van der Waals surface area contributed by atoms with E-state index in [2.05, 4.69) is 30.4 Å². The SMILES string of the molecule is Cc1ccccc1C[C@@H]1CNCCN1C(=O)OC(C)(C)C. The van der Waals surface area contributed by atoms with Crippen LogP contribution < -0.4 is 5.32 Å². The van der Waals surface area contributed by atoms with Gasteiger partial charge in [0.15, 0.2) is 0 Å². The Kier molecular flexibility index (Phi) is 4.88. The molecule has 0 aromatic heterocycles. The lowest BCUT2D eigenvalue weighted by Gasteiger charge is -2.37. The number of amides is 1. The maximum absolute atomic E-state index is 12.4. The third-order valence-corrected chi connectivity index (χ3v) is 3.70. The summed E-state index contributed by atoms with van der Waals surface area (Å²) in [6, 6.07) is 8.50. The number of rotatable bonds is 2. The van der Waals surface area contributed by atoms with Crippen LogP contribution in [-0.2, 0) is 11.2 Å². The molecule has 1 N–H and O–H groups in total. The number of nitrogens with one attached hydrogen (secondary N) is 1. The van der Waals surface area contributed by atoms with Crippen LogP contribution in [0, 0.1) is 6.92 Å². The molecule has 1 aromatic rings. The molecule has 0 radical (unpaired) electrons. The first-order valence-electron chi connectivity index (χ1n) is 7.61. The van der Waals surface area contributed by atoms with Gasteiger partial charge in [0.2, 0.25) is 0 Å². The minimum absolute atomic E-state index is 0.148. The van der Waals surface area contributed by atoms with Gasteiger partial charge < -0.3 is 15.0 Å². The summed E-state index contributed by atoms with van der Waals surface area (Å²) < 4.78 is 5.53. The van der Waals surface area contributed by atoms with Gasteiger partial charge in [0, 0.05) is 19.6 Å². The fraction of sp³-hybridized carbons (Fsp3) is 0.588. The Morgan fingerprint density at radius 1 is 1.38 bits per heavy atom. The van der Waals surface area contributed by atoms with Crippen LogP contribution in [0.15, 0.2) is 24.3 Å². The molecule has 1 aliphatic heterocycles. The molecule has 21 heavy (non-hydrogen) atoms. The lowest BCUT2D eigenvalue weighted by molar-refractivity contribution is 0.0121. The highest BCUT2D eigenvalue weighted by Crippen LogP contribution is 2.17. The van der Waals surface area contributed by atoms with Gasteiger partial charge in [-0.05, 0) is 45.2 Å². The van der Waals surface area contributed by atoms with Crippen LogP contribution in [-0.4, -0.2) is 42.3 Å². The number of hydrogen-bond acceptors (Lipinski definition) is 3. The smallest absolute Gasteiger partial charge is 0.410 e. The molecular weight excluding hydrogens is 264 g/mol. The second-order valence-corrected chi connectivity index (χ2v) is 6.66. The normalized spacial score (nSPS) is 19.4. The molecule has 0 bridgehead atoms. The molecule has 1 aliphatic rings. The Morgan fingerprint density at radius 2 is 2.10 bits per heavy atom. The van der Waals surface area contributed by atoms with Crippen LogP contribution in [0.25, 0.3) is 0 Å². The second-order valence-electron chi connectivity index (χ2n) is 6.66. The number of nitrogens with zero attached hydrogens (tertiary/aromatic N) is 1. The standard InChI is InChI=1S/C17H26N2O2/c1-13-7-5-6-8-14(13)11-15-12-18-9-10-19(15)16(20)21-17(2,3)4/h5-8,15,18H,9-12H2,1-4H3/t15-/m1/s1. The van der Waals surface area contributed by atoms with Crippen molar-refractivity contribution in [1.29, 1.82) is 0 Å². The predicted octanol–water partition coefficient (Wildman–Crippen LogP) is 2.75. The zero-order valence-electron chi connectivity index (χ0n) is 13.5. The highest BCUT2D eigenvalue weighted by Gasteiger charge is 2.30. The largest absolute Gasteiger partial charge is 0.444 e. The molecule has 116 valence electrons. The van der Waals surface area contributed by atoms with Crippen molar-refractivity contribution in [2.45, 2.75) is 45.8 Å². The maximum atomic E-state index is 12.4. The van der Waals surface area contributed by atoms with Gasteiger partial charge in [-0.3, -0.25) is 0 Å². The number of carbonyl (C=O) groups is 1. The van der Waals surface area contributed by atoms with E-state index in [-0.39, 0.29) is 12.1 Å². The van der Waals surface area contributed by atoms with Crippen molar-refractivity contribution in [3.05, 3.63) is 35.4 Å². The van der Waals surface area contributed by atoms with Crippen LogP contribution in [0.2, 0.25) is 0 Å². The summed E-state index contributed by atoms with van der Waals surface area (Å²) >= 11 is 0. The zero-order valence-corrected chi connectivity index (χ0v) is 13.5. The van der Waals surface area contributed by atoms with E-state index in [1.54, 1.807) is 0 Å². The van der Waals surface area contributed by atoms with E-state index in [4.69, 9.17) is 4.74 Å². The Hall–Kier alpha value is -1.55. The minimum atomic E-state index is -0.449. The topological polar surface area (TPSA) is 41.6 Å². The molecule has 2 rings (SSSR count). The van der Waals surface area contributed by atoms with E-state index >= 15 is 0 Å². The lowest BCUT2D eigenvalue weighted by atomic mass is 9.99. The predicted molar refractivity (Wildman–Crippen MR) is 84.5 cm³/mol. The second kappa shape index (κ2) is 6.48. The monoisotopic (exact) mass is 290 g/mol. The van der Waals surface area contributed by atoms with Crippen molar-refractivity contribution >= 4 is 6.09 Å². The first kappa shape index (κ1) is 15.8. The fourth-order valence-electron chi connectivity index (χ4n) is 2.60. The van der Waals surface area contributed by atoms with E-state index in [1.165, 1.54) is 11.1 Å². The molecule has 0 spiro atoms. The van der Waals surface area contributed by atoms with E-state index in [1.807, 2.05) is 31.7 Å². The molecule has 0 saturated carbocycles. The third kappa shape index (κ3) is 4.46. The molecule has 4 heteroatoms. The maximum Gasteiger partial charge on any atom is 0.410 e. The number of aryl methyl sites for hydroxylation is 1. The van der Waals surface area contributed by atoms with Gasteiger partial charge in [-0.1, -0.05) is 24.3 Å². The van der Waals surface area contributed by atoms with Gasteiger partial charge in [0.05, 0.1) is 6.04 Å². The molecule has 1 amide bonds. The van der Waals surface area contributed by atoms with Crippen molar-refractivity contribution in [2.24, 2.45) is 0 Å². The van der Waals surface area contributed by atoms with Crippen LogP contribution in [0.5, 0.6) is 0 Å². The molecular formula is C17H26N2O2. The number of carbonyl (C=O) groups excluding carboxylic acids is 1. The van der Waals surface area contributed by atoms with Crippen molar-refractivity contribution in [2.75, 3.05) is 19.6 Å². The number of piperazine rings is 1. The molecule has 1 aromatic carbocycles. The molecule has 0 aliphatic carbocycles. The van der Waals surface area contributed by atoms with Crippen LogP contribution >= 0.6 is 0 Å². The average molecular weight is 290 g/mol. The molecule has 1 fully saturated rings. The quantitative estimate of drug-likeness (QED) is 0.910. The average Bonchev–Trinajstić information content (AvgIpc) is 2.40. The number of benzene rings is 1. The fourth-order valence-corrected chi connectivity index (χ4v) is 2.60. The first-order valence-corrected chi connectivity index (χ1v) is 7.61. The lowest BCUT2D eigenvalue weighted by Crippen LogP contribution is -2.55. The summed E-state index contributed by atoms with van der Waals surface area (Å²) in [5, 5.41) is 3.37. The van der Waals surface area contributed by atoms with Crippen molar-refractivity contribution in [3.8, 4) is 0 Å². The summed E-state index contributed by atoms with van der Waals surface area (Å²) in [7, 11) is 0. The molecule has 1 atom stereocenters. The Labute approximate surface area is 127 Å². The van der Waals surface area contributed by atoms with Gasteiger partial charge in [0.1, 0.15) is 5.60 Å². The van der Waals surface area contributed by atoms with E-state index in [9.17, 15) is 4.79 Å². The number of hydrogen-bond donors (Lipinski definition) is 1.